The largest absolute Gasteiger partial charge is 0.497 e. The Bertz CT molecular complexity index is 1570. The van der Waals surface area contributed by atoms with Gasteiger partial charge in [-0.1, -0.05) is 44.2 Å². The molecule has 3 aromatic carbocycles. The zero-order chi connectivity index (χ0) is 33.9. The zero-order valence-electron chi connectivity index (χ0n) is 27.6. The van der Waals surface area contributed by atoms with Gasteiger partial charge in [0.05, 0.1) is 39.0 Å². The fraction of sp³-hybridized carbons (Fsp3) is 0.412. The number of amides is 2. The summed E-state index contributed by atoms with van der Waals surface area (Å²) >= 11 is 0. The average molecular weight is 656 g/mol. The van der Waals surface area contributed by atoms with Gasteiger partial charge in [-0.3, -0.25) is 13.9 Å². The summed E-state index contributed by atoms with van der Waals surface area (Å²) in [5, 5.41) is 2.99. The summed E-state index contributed by atoms with van der Waals surface area (Å²) in [6, 6.07) is 17.5. The van der Waals surface area contributed by atoms with Crippen molar-refractivity contribution in [1.82, 2.24) is 10.2 Å². The molecule has 0 unspecified atom stereocenters. The number of hydrogen-bond acceptors (Lipinski definition) is 8. The van der Waals surface area contributed by atoms with Gasteiger partial charge in [-0.05, 0) is 56.0 Å². The van der Waals surface area contributed by atoms with E-state index < -0.39 is 28.5 Å². The number of sulfonamides is 1. The third kappa shape index (κ3) is 8.63. The fourth-order valence-corrected chi connectivity index (χ4v) is 6.38. The molecule has 2 amide bonds. The van der Waals surface area contributed by atoms with Gasteiger partial charge in [0.15, 0.2) is 11.5 Å². The van der Waals surface area contributed by atoms with Crippen molar-refractivity contribution >= 4 is 27.5 Å². The molecule has 3 aromatic rings. The van der Waals surface area contributed by atoms with Crippen molar-refractivity contribution < 1.29 is 37.0 Å². The minimum absolute atomic E-state index is 0.0881. The Kier molecular flexibility index (Phi) is 13.1. The van der Waals surface area contributed by atoms with Crippen molar-refractivity contribution in [3.8, 4) is 23.0 Å². The third-order valence-corrected chi connectivity index (χ3v) is 9.50. The number of hydrogen-bond donors (Lipinski definition) is 1. The normalized spacial score (nSPS) is 12.4. The van der Waals surface area contributed by atoms with Crippen molar-refractivity contribution in [3.63, 3.8) is 0 Å². The first kappa shape index (κ1) is 36.0. The quantitative estimate of drug-likeness (QED) is 0.222. The van der Waals surface area contributed by atoms with Crippen molar-refractivity contribution in [2.75, 3.05) is 45.8 Å². The van der Waals surface area contributed by atoms with Crippen LogP contribution in [0.1, 0.15) is 39.2 Å². The van der Waals surface area contributed by atoms with Gasteiger partial charge in [0.1, 0.15) is 24.1 Å². The fourth-order valence-electron chi connectivity index (χ4n) is 4.95. The lowest BCUT2D eigenvalue weighted by Gasteiger charge is -2.34. The number of nitrogens with zero attached hydrogens (tertiary/aromatic N) is 2. The molecule has 0 aromatic heterocycles. The molecular weight excluding hydrogens is 610 g/mol. The average Bonchev–Trinajstić information content (AvgIpc) is 3.08. The van der Waals surface area contributed by atoms with Crippen LogP contribution in [0.3, 0.4) is 0 Å². The highest BCUT2D eigenvalue weighted by Crippen LogP contribution is 2.37. The van der Waals surface area contributed by atoms with E-state index in [4.69, 9.17) is 18.9 Å². The number of nitrogens with one attached hydrogen (secondary N) is 1. The first-order valence-electron chi connectivity index (χ1n) is 15.1. The van der Waals surface area contributed by atoms with E-state index in [1.165, 1.54) is 57.6 Å². The third-order valence-electron chi connectivity index (χ3n) is 7.75. The smallest absolute Gasteiger partial charge is 0.265 e. The topological polar surface area (TPSA) is 124 Å². The highest BCUT2D eigenvalue weighted by molar-refractivity contribution is 7.92. The summed E-state index contributed by atoms with van der Waals surface area (Å²) in [4.78, 5) is 29.2. The summed E-state index contributed by atoms with van der Waals surface area (Å²) in [5.41, 5.74) is 1.06. The predicted molar refractivity (Wildman–Crippen MR) is 177 cm³/mol. The second-order valence-electron chi connectivity index (χ2n) is 10.6. The van der Waals surface area contributed by atoms with E-state index in [9.17, 15) is 18.0 Å². The van der Waals surface area contributed by atoms with Crippen molar-refractivity contribution in [2.45, 2.75) is 57.0 Å². The van der Waals surface area contributed by atoms with Crippen LogP contribution in [0, 0.1) is 0 Å². The number of methoxy groups -OCH3 is 4. The summed E-state index contributed by atoms with van der Waals surface area (Å²) in [6.07, 6.45) is 1.51. The molecule has 0 saturated carbocycles. The molecule has 12 heteroatoms. The Labute approximate surface area is 272 Å². The molecule has 0 bridgehead atoms. The number of carbonyl (C=O) groups excluding carboxylic acids is 2. The van der Waals surface area contributed by atoms with Gasteiger partial charge in [0.2, 0.25) is 11.8 Å². The summed E-state index contributed by atoms with van der Waals surface area (Å²) < 4.78 is 51.5. The van der Waals surface area contributed by atoms with Gasteiger partial charge in [-0.15, -0.1) is 0 Å². The highest BCUT2D eigenvalue weighted by Gasteiger charge is 2.35. The Morgan fingerprint density at radius 2 is 1.46 bits per heavy atom. The standard InChI is InChI=1S/C34H45N3O8S/c1-8-24(3)35-34(39)28(9-2)36(20-19-25-13-11-10-12-14-25)33(38)23-37(29-21-26(42-4)15-17-30(29)43-5)46(40,41)27-16-18-31(44-6)32(22-27)45-7/h10-18,21-22,24,28H,8-9,19-20,23H2,1-7H3,(H,35,39)/t24-,28-/m1/s1. The van der Waals surface area contributed by atoms with E-state index in [1.807, 2.05) is 51.1 Å². The van der Waals surface area contributed by atoms with Gasteiger partial charge < -0.3 is 29.2 Å². The van der Waals surface area contributed by atoms with E-state index >= 15 is 0 Å². The predicted octanol–water partition coefficient (Wildman–Crippen LogP) is 4.68. The van der Waals surface area contributed by atoms with E-state index in [0.717, 1.165) is 9.87 Å². The molecule has 0 aliphatic rings. The van der Waals surface area contributed by atoms with Gasteiger partial charge in [0, 0.05) is 24.7 Å². The SMILES string of the molecule is CC[C@@H](C)NC(=O)[C@@H](CC)N(CCc1ccccc1)C(=O)CN(c1cc(OC)ccc1OC)S(=O)(=O)c1ccc(OC)c(OC)c1. The van der Waals surface area contributed by atoms with Crippen molar-refractivity contribution in [2.24, 2.45) is 0 Å². The molecule has 0 aliphatic carbocycles. The molecule has 1 N–H and O–H groups in total. The molecule has 0 radical (unpaired) electrons. The Balaban J connectivity index is 2.15. The molecule has 0 fully saturated rings. The zero-order valence-corrected chi connectivity index (χ0v) is 28.4. The van der Waals surface area contributed by atoms with Crippen LogP contribution in [0.15, 0.2) is 71.6 Å². The summed E-state index contributed by atoms with van der Waals surface area (Å²) in [6.45, 7) is 5.25. The molecule has 0 spiro atoms. The number of rotatable bonds is 17. The monoisotopic (exact) mass is 655 g/mol. The number of ether oxygens (including phenoxy) is 4. The van der Waals surface area contributed by atoms with Crippen molar-refractivity contribution in [3.05, 3.63) is 72.3 Å². The molecule has 250 valence electrons. The lowest BCUT2D eigenvalue weighted by Crippen LogP contribution is -2.54. The van der Waals surface area contributed by atoms with E-state index in [0.29, 0.717) is 30.8 Å². The molecule has 11 nitrogen and oxygen atoms in total. The minimum Gasteiger partial charge on any atom is -0.497 e. The molecule has 2 atom stereocenters. The molecule has 0 aliphatic heterocycles. The molecule has 0 saturated heterocycles. The van der Waals surface area contributed by atoms with Crippen LogP contribution in [0.25, 0.3) is 0 Å². The maximum atomic E-state index is 14.4. The summed E-state index contributed by atoms with van der Waals surface area (Å²) in [5.74, 6) is 0.242. The maximum absolute atomic E-state index is 14.4. The van der Waals surface area contributed by atoms with Gasteiger partial charge in [-0.2, -0.15) is 0 Å². The van der Waals surface area contributed by atoms with Crippen LogP contribution in [0.2, 0.25) is 0 Å². The minimum atomic E-state index is -4.43. The number of anilines is 1. The van der Waals surface area contributed by atoms with Crippen LogP contribution < -0.4 is 28.6 Å². The van der Waals surface area contributed by atoms with E-state index in [-0.39, 0.29) is 40.6 Å². The van der Waals surface area contributed by atoms with E-state index in [1.54, 1.807) is 12.1 Å². The van der Waals surface area contributed by atoms with Crippen LogP contribution in [-0.2, 0) is 26.0 Å². The Morgan fingerprint density at radius 3 is 2.04 bits per heavy atom. The van der Waals surface area contributed by atoms with Crippen LogP contribution in [0.5, 0.6) is 23.0 Å². The Hall–Kier alpha value is -4.45. The molecular formula is C34H45N3O8S. The molecule has 46 heavy (non-hydrogen) atoms. The maximum Gasteiger partial charge on any atom is 0.265 e. The Morgan fingerprint density at radius 1 is 0.804 bits per heavy atom. The van der Waals surface area contributed by atoms with Crippen molar-refractivity contribution in [1.29, 1.82) is 0 Å². The van der Waals surface area contributed by atoms with Crippen LogP contribution in [0.4, 0.5) is 5.69 Å². The van der Waals surface area contributed by atoms with Crippen LogP contribution in [-0.4, -0.2) is 78.7 Å². The number of carbonyl (C=O) groups is 2. The lowest BCUT2D eigenvalue weighted by atomic mass is 10.1. The first-order valence-corrected chi connectivity index (χ1v) is 16.6. The van der Waals surface area contributed by atoms with Gasteiger partial charge in [-0.25, -0.2) is 8.42 Å². The second-order valence-corrected chi connectivity index (χ2v) is 12.5. The van der Waals surface area contributed by atoms with E-state index in [2.05, 4.69) is 5.32 Å². The molecule has 0 heterocycles. The first-order chi connectivity index (χ1) is 22.0. The van der Waals surface area contributed by atoms with Gasteiger partial charge >= 0.3 is 0 Å². The summed E-state index contributed by atoms with van der Waals surface area (Å²) in [7, 11) is 1.29. The molecule has 3 rings (SSSR count). The highest BCUT2D eigenvalue weighted by atomic mass is 32.2. The van der Waals surface area contributed by atoms with Gasteiger partial charge in [0.25, 0.3) is 10.0 Å². The second kappa shape index (κ2) is 16.7. The van der Waals surface area contributed by atoms with Crippen LogP contribution >= 0.6 is 0 Å². The number of benzene rings is 3. The lowest BCUT2D eigenvalue weighted by molar-refractivity contribution is -0.139.